The van der Waals surface area contributed by atoms with Gasteiger partial charge in [0.1, 0.15) is 5.69 Å². The lowest BCUT2D eigenvalue weighted by Gasteiger charge is -2.33. The molecule has 132 valence electrons. The SMILES string of the molecule is Cc1cc(=O)cc(C(=O)N2CCC(CCN3CCCC3)CC2)n1C. The average molecular weight is 331 g/mol. The van der Waals surface area contributed by atoms with E-state index in [1.165, 1.54) is 45.0 Å². The Balaban J connectivity index is 1.54. The molecular weight excluding hydrogens is 302 g/mol. The van der Waals surface area contributed by atoms with Gasteiger partial charge in [0.15, 0.2) is 5.43 Å². The minimum Gasteiger partial charge on any atom is -0.344 e. The number of nitrogens with zero attached hydrogens (tertiary/aromatic N) is 3. The van der Waals surface area contributed by atoms with E-state index < -0.39 is 0 Å². The molecule has 3 heterocycles. The van der Waals surface area contributed by atoms with Crippen molar-refractivity contribution in [2.45, 2.75) is 39.0 Å². The Kier molecular flexibility index (Phi) is 5.39. The number of carbonyl (C=O) groups excluding carboxylic acids is 1. The van der Waals surface area contributed by atoms with Crippen molar-refractivity contribution < 1.29 is 4.79 Å². The lowest BCUT2D eigenvalue weighted by Crippen LogP contribution is -2.40. The third-order valence-corrected chi connectivity index (χ3v) is 5.69. The van der Waals surface area contributed by atoms with Crippen LogP contribution < -0.4 is 5.43 Å². The van der Waals surface area contributed by atoms with E-state index in [1.54, 1.807) is 6.07 Å². The Hall–Kier alpha value is -1.62. The van der Waals surface area contributed by atoms with Crippen molar-refractivity contribution in [2.24, 2.45) is 13.0 Å². The highest BCUT2D eigenvalue weighted by Gasteiger charge is 2.25. The van der Waals surface area contributed by atoms with Crippen molar-refractivity contribution >= 4 is 5.91 Å². The van der Waals surface area contributed by atoms with Crippen LogP contribution in [-0.4, -0.2) is 53.0 Å². The monoisotopic (exact) mass is 331 g/mol. The van der Waals surface area contributed by atoms with Gasteiger partial charge in [-0.1, -0.05) is 0 Å². The predicted octanol–water partition coefficient (Wildman–Crippen LogP) is 2.03. The van der Waals surface area contributed by atoms with Crippen LogP contribution >= 0.6 is 0 Å². The number of likely N-dealkylation sites (tertiary alicyclic amines) is 2. The molecule has 0 spiro atoms. The van der Waals surface area contributed by atoms with Crippen molar-refractivity contribution in [3.05, 3.63) is 33.7 Å². The summed E-state index contributed by atoms with van der Waals surface area (Å²) < 4.78 is 1.82. The summed E-state index contributed by atoms with van der Waals surface area (Å²) in [6, 6.07) is 3.04. The molecule has 2 fully saturated rings. The topological polar surface area (TPSA) is 45.6 Å². The number of amides is 1. The van der Waals surface area contributed by atoms with Crippen LogP contribution in [0.4, 0.5) is 0 Å². The molecule has 0 unspecified atom stereocenters. The van der Waals surface area contributed by atoms with Crippen LogP contribution in [0.5, 0.6) is 0 Å². The van der Waals surface area contributed by atoms with Gasteiger partial charge >= 0.3 is 0 Å². The summed E-state index contributed by atoms with van der Waals surface area (Å²) in [5.41, 5.74) is 1.25. The molecular formula is C19H29N3O2. The fourth-order valence-corrected chi connectivity index (χ4v) is 3.93. The highest BCUT2D eigenvalue weighted by Crippen LogP contribution is 2.23. The standard InChI is InChI=1S/C19H29N3O2/c1-15-13-17(23)14-18(20(15)2)19(24)22-11-6-16(7-12-22)5-10-21-8-3-4-9-21/h13-14,16H,3-12H2,1-2H3. The highest BCUT2D eigenvalue weighted by molar-refractivity contribution is 5.92. The fourth-order valence-electron chi connectivity index (χ4n) is 3.93. The van der Waals surface area contributed by atoms with Gasteiger partial charge in [0.2, 0.25) is 0 Å². The lowest BCUT2D eigenvalue weighted by atomic mass is 9.93. The zero-order chi connectivity index (χ0) is 17.1. The second kappa shape index (κ2) is 7.51. The molecule has 5 nitrogen and oxygen atoms in total. The van der Waals surface area contributed by atoms with E-state index >= 15 is 0 Å². The van der Waals surface area contributed by atoms with Gasteiger partial charge in [0.05, 0.1) is 0 Å². The first-order valence-electron chi connectivity index (χ1n) is 9.24. The van der Waals surface area contributed by atoms with E-state index in [0.717, 1.165) is 37.5 Å². The molecule has 0 N–H and O–H groups in total. The van der Waals surface area contributed by atoms with E-state index in [-0.39, 0.29) is 11.3 Å². The summed E-state index contributed by atoms with van der Waals surface area (Å²) >= 11 is 0. The van der Waals surface area contributed by atoms with E-state index in [0.29, 0.717) is 5.69 Å². The first-order valence-corrected chi connectivity index (χ1v) is 9.24. The van der Waals surface area contributed by atoms with E-state index in [9.17, 15) is 9.59 Å². The van der Waals surface area contributed by atoms with E-state index in [1.807, 2.05) is 23.4 Å². The van der Waals surface area contributed by atoms with Gasteiger partial charge in [-0.25, -0.2) is 0 Å². The minimum atomic E-state index is -0.0885. The largest absolute Gasteiger partial charge is 0.344 e. The summed E-state index contributed by atoms with van der Waals surface area (Å²) in [4.78, 5) is 29.0. The quantitative estimate of drug-likeness (QED) is 0.848. The molecule has 2 aliphatic rings. The maximum Gasteiger partial charge on any atom is 0.270 e. The number of hydrogen-bond donors (Lipinski definition) is 0. The smallest absolute Gasteiger partial charge is 0.270 e. The molecule has 24 heavy (non-hydrogen) atoms. The maximum atomic E-state index is 12.8. The van der Waals surface area contributed by atoms with Crippen molar-refractivity contribution in [1.82, 2.24) is 14.4 Å². The number of hydrogen-bond acceptors (Lipinski definition) is 3. The van der Waals surface area contributed by atoms with Gasteiger partial charge < -0.3 is 14.4 Å². The van der Waals surface area contributed by atoms with Gasteiger partial charge in [-0.15, -0.1) is 0 Å². The predicted molar refractivity (Wildman–Crippen MR) is 95.3 cm³/mol. The number of carbonyl (C=O) groups is 1. The molecule has 0 saturated carbocycles. The normalized spacial score (nSPS) is 19.8. The minimum absolute atomic E-state index is 0.00343. The Morgan fingerprint density at radius 1 is 1.12 bits per heavy atom. The first kappa shape index (κ1) is 17.2. The number of aryl methyl sites for hydroxylation is 1. The van der Waals surface area contributed by atoms with Crippen LogP contribution in [0.25, 0.3) is 0 Å². The van der Waals surface area contributed by atoms with Gasteiger partial charge in [0.25, 0.3) is 5.91 Å². The molecule has 0 aromatic carbocycles. The molecule has 3 rings (SSSR count). The van der Waals surface area contributed by atoms with E-state index in [4.69, 9.17) is 0 Å². The number of rotatable bonds is 4. The molecule has 0 radical (unpaired) electrons. The number of pyridine rings is 1. The lowest BCUT2D eigenvalue weighted by molar-refractivity contribution is 0.0671. The summed E-state index contributed by atoms with van der Waals surface area (Å²) in [7, 11) is 1.85. The number of aromatic nitrogens is 1. The Morgan fingerprint density at radius 3 is 2.46 bits per heavy atom. The Morgan fingerprint density at radius 2 is 1.79 bits per heavy atom. The van der Waals surface area contributed by atoms with Gasteiger partial charge in [-0.05, 0) is 64.6 Å². The molecule has 2 saturated heterocycles. The van der Waals surface area contributed by atoms with Crippen molar-refractivity contribution in [3.8, 4) is 0 Å². The van der Waals surface area contributed by atoms with Crippen molar-refractivity contribution in [1.29, 1.82) is 0 Å². The van der Waals surface area contributed by atoms with Gasteiger partial charge in [-0.3, -0.25) is 9.59 Å². The average Bonchev–Trinajstić information content (AvgIpc) is 3.09. The van der Waals surface area contributed by atoms with Gasteiger partial charge in [-0.2, -0.15) is 0 Å². The zero-order valence-corrected chi connectivity index (χ0v) is 15.0. The van der Waals surface area contributed by atoms with Crippen molar-refractivity contribution in [3.63, 3.8) is 0 Å². The molecule has 2 aliphatic heterocycles. The van der Waals surface area contributed by atoms with Gasteiger partial charge in [0, 0.05) is 38.0 Å². The first-order chi connectivity index (χ1) is 11.5. The second-order valence-electron chi connectivity index (χ2n) is 7.35. The van der Waals surface area contributed by atoms with E-state index in [2.05, 4.69) is 4.90 Å². The van der Waals surface area contributed by atoms with Crippen LogP contribution in [0.1, 0.15) is 48.3 Å². The van der Waals surface area contributed by atoms with Crippen LogP contribution in [0, 0.1) is 12.8 Å². The summed E-state index contributed by atoms with van der Waals surface area (Å²) in [5.74, 6) is 0.729. The van der Waals surface area contributed by atoms with Crippen molar-refractivity contribution in [2.75, 3.05) is 32.7 Å². The summed E-state index contributed by atoms with van der Waals surface area (Å²) in [5, 5.41) is 0. The summed E-state index contributed by atoms with van der Waals surface area (Å²) in [6.07, 6.45) is 6.12. The molecule has 0 atom stereocenters. The highest BCUT2D eigenvalue weighted by atomic mass is 16.2. The summed E-state index contributed by atoms with van der Waals surface area (Å²) in [6.45, 7) is 7.22. The molecule has 1 aromatic heterocycles. The van der Waals surface area contributed by atoms with Crippen LogP contribution in [0.15, 0.2) is 16.9 Å². The molecule has 0 bridgehead atoms. The third kappa shape index (κ3) is 3.89. The third-order valence-electron chi connectivity index (χ3n) is 5.69. The second-order valence-corrected chi connectivity index (χ2v) is 7.35. The molecule has 1 amide bonds. The van der Waals surface area contributed by atoms with Crippen LogP contribution in [0.2, 0.25) is 0 Å². The Bertz CT molecular complexity index is 639. The molecule has 0 aliphatic carbocycles. The number of piperidine rings is 1. The maximum absolute atomic E-state index is 12.8. The van der Waals surface area contributed by atoms with Crippen LogP contribution in [-0.2, 0) is 7.05 Å². The Labute approximate surface area is 144 Å². The molecule has 5 heteroatoms. The van der Waals surface area contributed by atoms with Crippen LogP contribution in [0.3, 0.4) is 0 Å². The zero-order valence-electron chi connectivity index (χ0n) is 15.0. The molecule has 1 aromatic rings. The fraction of sp³-hybridized carbons (Fsp3) is 0.684.